The van der Waals surface area contributed by atoms with Gasteiger partial charge in [0.15, 0.2) is 0 Å². The fraction of sp³-hybridized carbons (Fsp3) is 0.500. The Balaban J connectivity index is 1.86. The Morgan fingerprint density at radius 3 is 2.95 bits per heavy atom. The highest BCUT2D eigenvalue weighted by molar-refractivity contribution is 9.10. The van der Waals surface area contributed by atoms with Gasteiger partial charge in [0.2, 0.25) is 0 Å². The lowest BCUT2D eigenvalue weighted by Crippen LogP contribution is -2.36. The normalized spacial score (nSPS) is 18.9. The lowest BCUT2D eigenvalue weighted by Gasteiger charge is -2.27. The first-order valence-corrected chi connectivity index (χ1v) is 8.27. The Morgan fingerprint density at radius 2 is 2.23 bits per heavy atom. The molecule has 1 aromatic carbocycles. The smallest absolute Gasteiger partial charge is 0.410 e. The Hall–Kier alpha value is -1.56. The van der Waals surface area contributed by atoms with Gasteiger partial charge in [-0.3, -0.25) is 4.90 Å². The second kappa shape index (κ2) is 5.57. The van der Waals surface area contributed by atoms with Gasteiger partial charge in [-0.25, -0.2) is 9.78 Å². The molecule has 5 nitrogen and oxygen atoms in total. The molecule has 6 heteroatoms. The molecule has 0 unspecified atom stereocenters. The monoisotopic (exact) mass is 365 g/mol. The molecule has 0 radical (unpaired) electrons. The van der Waals surface area contributed by atoms with Gasteiger partial charge in [-0.05, 0) is 51.8 Å². The molecular weight excluding hydrogens is 346 g/mol. The van der Waals surface area contributed by atoms with Crippen molar-refractivity contribution in [2.75, 3.05) is 6.54 Å². The molecule has 1 aliphatic heterocycles. The molecule has 118 valence electrons. The summed E-state index contributed by atoms with van der Waals surface area (Å²) in [5.74, 6) is 0.830. The van der Waals surface area contributed by atoms with E-state index in [-0.39, 0.29) is 12.1 Å². The number of fused-ring (bicyclic) bond motifs is 1. The third-order valence-electron chi connectivity index (χ3n) is 3.66. The van der Waals surface area contributed by atoms with Crippen molar-refractivity contribution in [1.82, 2.24) is 14.9 Å². The lowest BCUT2D eigenvalue weighted by atomic mass is 10.2. The highest BCUT2D eigenvalue weighted by Gasteiger charge is 2.34. The first-order valence-electron chi connectivity index (χ1n) is 7.48. The van der Waals surface area contributed by atoms with E-state index in [1.165, 1.54) is 0 Å². The number of amides is 1. The lowest BCUT2D eigenvalue weighted by molar-refractivity contribution is 0.0219. The van der Waals surface area contributed by atoms with Gasteiger partial charge in [-0.1, -0.05) is 15.9 Å². The van der Waals surface area contributed by atoms with Crippen molar-refractivity contribution in [3.63, 3.8) is 0 Å². The maximum atomic E-state index is 12.4. The average Bonchev–Trinajstić information content (AvgIpc) is 3.01. The SMILES string of the molecule is CC(C)(C)OC(=O)N1CCC[C@@H]1c1nc2ccc(Br)cc2[nH]1. The molecule has 22 heavy (non-hydrogen) atoms. The summed E-state index contributed by atoms with van der Waals surface area (Å²) in [5, 5.41) is 0. The molecule has 1 atom stereocenters. The summed E-state index contributed by atoms with van der Waals surface area (Å²) in [4.78, 5) is 22.1. The van der Waals surface area contributed by atoms with Crippen LogP contribution in [0.25, 0.3) is 11.0 Å². The predicted octanol–water partition coefficient (Wildman–Crippen LogP) is 4.40. The summed E-state index contributed by atoms with van der Waals surface area (Å²) >= 11 is 3.46. The zero-order valence-electron chi connectivity index (χ0n) is 13.0. The van der Waals surface area contributed by atoms with Crippen LogP contribution in [0.15, 0.2) is 22.7 Å². The number of carbonyl (C=O) groups is 1. The van der Waals surface area contributed by atoms with Crippen LogP contribution in [0.5, 0.6) is 0 Å². The van der Waals surface area contributed by atoms with Crippen molar-refractivity contribution in [3.8, 4) is 0 Å². The number of H-pyrrole nitrogens is 1. The van der Waals surface area contributed by atoms with E-state index in [4.69, 9.17) is 4.74 Å². The van der Waals surface area contributed by atoms with Crippen LogP contribution in [-0.4, -0.2) is 33.1 Å². The number of hydrogen-bond acceptors (Lipinski definition) is 3. The van der Waals surface area contributed by atoms with Gasteiger partial charge in [-0.2, -0.15) is 0 Å². The van der Waals surface area contributed by atoms with Gasteiger partial charge in [0.1, 0.15) is 11.4 Å². The molecule has 1 aliphatic rings. The summed E-state index contributed by atoms with van der Waals surface area (Å²) in [6.07, 6.45) is 1.60. The molecular formula is C16H20BrN3O2. The fourth-order valence-electron chi connectivity index (χ4n) is 2.75. The molecule has 0 spiro atoms. The Labute approximate surface area is 138 Å². The van der Waals surface area contributed by atoms with Crippen LogP contribution >= 0.6 is 15.9 Å². The highest BCUT2D eigenvalue weighted by atomic mass is 79.9. The van der Waals surface area contributed by atoms with Crippen LogP contribution in [0, 0.1) is 0 Å². The molecule has 1 amide bonds. The van der Waals surface area contributed by atoms with Gasteiger partial charge in [0, 0.05) is 11.0 Å². The van der Waals surface area contributed by atoms with Crippen molar-refractivity contribution >= 4 is 33.1 Å². The van der Waals surface area contributed by atoms with Crippen molar-refractivity contribution in [2.24, 2.45) is 0 Å². The fourth-order valence-corrected chi connectivity index (χ4v) is 3.11. The quantitative estimate of drug-likeness (QED) is 0.814. The van der Waals surface area contributed by atoms with Crippen LogP contribution in [0.2, 0.25) is 0 Å². The third kappa shape index (κ3) is 3.11. The van der Waals surface area contributed by atoms with Crippen molar-refractivity contribution in [3.05, 3.63) is 28.5 Å². The summed E-state index contributed by atoms with van der Waals surface area (Å²) in [7, 11) is 0. The molecule has 1 saturated heterocycles. The summed E-state index contributed by atoms with van der Waals surface area (Å²) < 4.78 is 6.51. The summed E-state index contributed by atoms with van der Waals surface area (Å²) in [6.45, 7) is 6.36. The number of nitrogens with one attached hydrogen (secondary N) is 1. The van der Waals surface area contributed by atoms with E-state index in [1.54, 1.807) is 4.90 Å². The topological polar surface area (TPSA) is 58.2 Å². The van der Waals surface area contributed by atoms with Crippen LogP contribution < -0.4 is 0 Å². The first-order chi connectivity index (χ1) is 10.3. The van der Waals surface area contributed by atoms with E-state index in [0.29, 0.717) is 6.54 Å². The molecule has 3 rings (SSSR count). The molecule has 0 bridgehead atoms. The number of aromatic nitrogens is 2. The maximum Gasteiger partial charge on any atom is 0.410 e. The van der Waals surface area contributed by atoms with Gasteiger partial charge in [0.25, 0.3) is 0 Å². The third-order valence-corrected chi connectivity index (χ3v) is 4.15. The maximum absolute atomic E-state index is 12.4. The number of likely N-dealkylation sites (tertiary alicyclic amines) is 1. The van der Waals surface area contributed by atoms with E-state index in [1.807, 2.05) is 39.0 Å². The zero-order valence-corrected chi connectivity index (χ0v) is 14.6. The molecule has 0 saturated carbocycles. The number of nitrogens with zero attached hydrogens (tertiary/aromatic N) is 2. The molecule has 1 aromatic heterocycles. The number of imidazole rings is 1. The second-order valence-electron chi connectivity index (χ2n) is 6.62. The standard InChI is InChI=1S/C16H20BrN3O2/c1-16(2,3)22-15(21)20-8-4-5-13(20)14-18-11-7-6-10(17)9-12(11)19-14/h6-7,9,13H,4-5,8H2,1-3H3,(H,18,19)/t13-/m1/s1. The number of carbonyl (C=O) groups excluding carboxylic acids is 1. The van der Waals surface area contributed by atoms with Crippen LogP contribution in [0.3, 0.4) is 0 Å². The van der Waals surface area contributed by atoms with E-state index in [9.17, 15) is 4.79 Å². The summed E-state index contributed by atoms with van der Waals surface area (Å²) in [5.41, 5.74) is 1.40. The Morgan fingerprint density at radius 1 is 1.45 bits per heavy atom. The van der Waals surface area contributed by atoms with Gasteiger partial charge in [0.05, 0.1) is 17.1 Å². The minimum atomic E-state index is -0.483. The van der Waals surface area contributed by atoms with Gasteiger partial charge >= 0.3 is 6.09 Å². The minimum absolute atomic E-state index is 0.0407. The van der Waals surface area contributed by atoms with Gasteiger partial charge < -0.3 is 9.72 Å². The Bertz CT molecular complexity index is 705. The zero-order chi connectivity index (χ0) is 15.9. The second-order valence-corrected chi connectivity index (χ2v) is 7.53. The Kier molecular flexibility index (Phi) is 3.89. The first kappa shape index (κ1) is 15.3. The molecule has 1 N–H and O–H groups in total. The molecule has 1 fully saturated rings. The van der Waals surface area contributed by atoms with Crippen molar-refractivity contribution in [2.45, 2.75) is 45.3 Å². The van der Waals surface area contributed by atoms with Crippen LogP contribution in [-0.2, 0) is 4.74 Å². The number of ether oxygens (including phenoxy) is 1. The number of rotatable bonds is 1. The number of benzene rings is 1. The predicted molar refractivity (Wildman–Crippen MR) is 88.7 cm³/mol. The van der Waals surface area contributed by atoms with Crippen LogP contribution in [0.4, 0.5) is 4.79 Å². The number of hydrogen-bond donors (Lipinski definition) is 1. The highest BCUT2D eigenvalue weighted by Crippen LogP contribution is 2.33. The van der Waals surface area contributed by atoms with E-state index >= 15 is 0 Å². The minimum Gasteiger partial charge on any atom is -0.444 e. The number of aromatic amines is 1. The van der Waals surface area contributed by atoms with Crippen molar-refractivity contribution in [1.29, 1.82) is 0 Å². The van der Waals surface area contributed by atoms with Crippen LogP contribution in [0.1, 0.15) is 45.5 Å². The van der Waals surface area contributed by atoms with E-state index in [2.05, 4.69) is 25.9 Å². The average molecular weight is 366 g/mol. The van der Waals surface area contributed by atoms with E-state index < -0.39 is 5.60 Å². The molecule has 2 heterocycles. The largest absolute Gasteiger partial charge is 0.444 e. The summed E-state index contributed by atoms with van der Waals surface area (Å²) in [6, 6.07) is 5.89. The molecule has 0 aliphatic carbocycles. The van der Waals surface area contributed by atoms with E-state index in [0.717, 1.165) is 34.2 Å². The van der Waals surface area contributed by atoms with Crippen molar-refractivity contribution < 1.29 is 9.53 Å². The molecule has 2 aromatic rings. The van der Waals surface area contributed by atoms with Gasteiger partial charge in [-0.15, -0.1) is 0 Å². The number of halogens is 1.